The van der Waals surface area contributed by atoms with Gasteiger partial charge in [0.05, 0.1) is 5.56 Å². The quantitative estimate of drug-likeness (QED) is 0.580. The van der Waals surface area contributed by atoms with Crippen molar-refractivity contribution in [1.82, 2.24) is 4.98 Å². The second kappa shape index (κ2) is 5.48. The summed E-state index contributed by atoms with van der Waals surface area (Å²) in [5.74, 6) is -0.202. The minimum atomic E-state index is -0.202. The van der Waals surface area contributed by atoms with E-state index in [1.54, 1.807) is 6.08 Å². The number of nitrogens with zero attached hydrogens (tertiary/aromatic N) is 1. The number of hydrogen-bond donors (Lipinski definition) is 1. The van der Waals surface area contributed by atoms with Gasteiger partial charge in [0.25, 0.3) is 0 Å². The normalized spacial score (nSPS) is 10.8. The van der Waals surface area contributed by atoms with Crippen molar-refractivity contribution >= 4 is 22.8 Å². The minimum absolute atomic E-state index is 0.202. The number of benzene rings is 2. The number of ketones is 1. The van der Waals surface area contributed by atoms with E-state index in [-0.39, 0.29) is 5.78 Å². The first kappa shape index (κ1) is 12.9. The van der Waals surface area contributed by atoms with Crippen LogP contribution in [0.25, 0.3) is 17.0 Å². The lowest BCUT2D eigenvalue weighted by molar-refractivity contribution is 0.104. The molecule has 0 unspecified atom stereocenters. The van der Waals surface area contributed by atoms with Crippen LogP contribution < -0.4 is 0 Å². The van der Waals surface area contributed by atoms with Crippen LogP contribution >= 0.6 is 0 Å². The number of carbonyl (C=O) groups is 1. The third-order valence-electron chi connectivity index (χ3n) is 3.29. The summed E-state index contributed by atoms with van der Waals surface area (Å²) in [5, 5.41) is 10.1. The number of carbonyl (C=O) groups excluding carboxylic acids is 1. The second-order valence-corrected chi connectivity index (χ2v) is 4.64. The zero-order valence-corrected chi connectivity index (χ0v) is 11.2. The molecule has 1 heterocycles. The van der Waals surface area contributed by atoms with Crippen LogP contribution in [0.5, 0.6) is 0 Å². The van der Waals surface area contributed by atoms with Crippen LogP contribution in [-0.4, -0.2) is 10.8 Å². The molecule has 21 heavy (non-hydrogen) atoms. The number of aromatic nitrogens is 1. The van der Waals surface area contributed by atoms with E-state index >= 15 is 0 Å². The predicted octanol–water partition coefficient (Wildman–Crippen LogP) is 3.94. The van der Waals surface area contributed by atoms with Gasteiger partial charge in [0.2, 0.25) is 5.78 Å². The number of hydrogen-bond acceptors (Lipinski definition) is 2. The Balaban J connectivity index is 1.99. The van der Waals surface area contributed by atoms with Gasteiger partial charge in [0.15, 0.2) is 0 Å². The maximum Gasteiger partial charge on any atom is 0.203 e. The van der Waals surface area contributed by atoms with Crippen molar-refractivity contribution in [3.63, 3.8) is 0 Å². The molecule has 3 heteroatoms. The molecular formula is C18H12N2O. The molecule has 1 N–H and O–H groups in total. The molecule has 3 nitrogen and oxygen atoms in total. The average molecular weight is 272 g/mol. The lowest BCUT2D eigenvalue weighted by Gasteiger charge is -1.93. The van der Waals surface area contributed by atoms with Gasteiger partial charge in [-0.05, 0) is 17.7 Å². The van der Waals surface area contributed by atoms with Crippen LogP contribution in [0.1, 0.15) is 21.6 Å². The summed E-state index contributed by atoms with van der Waals surface area (Å²) in [7, 11) is 0. The Morgan fingerprint density at radius 2 is 1.76 bits per heavy atom. The number of nitriles is 1. The monoisotopic (exact) mass is 272 g/mol. The van der Waals surface area contributed by atoms with Crippen LogP contribution in [-0.2, 0) is 0 Å². The SMILES string of the molecule is N#Cc1c(C(=O)/C=C/c2ccccc2)[nH]c2ccccc12. The highest BCUT2D eigenvalue weighted by Crippen LogP contribution is 2.22. The van der Waals surface area contributed by atoms with Crippen molar-refractivity contribution in [1.29, 1.82) is 5.26 Å². The number of nitrogens with one attached hydrogen (secondary N) is 1. The van der Waals surface area contributed by atoms with Gasteiger partial charge in [-0.1, -0.05) is 54.6 Å². The molecule has 0 saturated heterocycles. The fourth-order valence-corrected chi connectivity index (χ4v) is 2.26. The lowest BCUT2D eigenvalue weighted by Crippen LogP contribution is -1.97. The molecule has 0 fully saturated rings. The highest BCUT2D eigenvalue weighted by molar-refractivity contribution is 6.11. The van der Waals surface area contributed by atoms with Crippen molar-refractivity contribution in [3.05, 3.63) is 77.5 Å². The van der Waals surface area contributed by atoms with Gasteiger partial charge in [-0.15, -0.1) is 0 Å². The van der Waals surface area contributed by atoms with Crippen LogP contribution in [0, 0.1) is 11.3 Å². The first-order valence-electron chi connectivity index (χ1n) is 6.58. The molecule has 0 atom stereocenters. The Bertz CT molecular complexity index is 867. The van der Waals surface area contributed by atoms with Crippen LogP contribution in [0.2, 0.25) is 0 Å². The first-order chi connectivity index (χ1) is 10.3. The van der Waals surface area contributed by atoms with Crippen molar-refractivity contribution < 1.29 is 4.79 Å². The van der Waals surface area contributed by atoms with E-state index in [1.165, 1.54) is 6.08 Å². The van der Waals surface area contributed by atoms with Gasteiger partial charge < -0.3 is 4.98 Å². The maximum absolute atomic E-state index is 12.3. The summed E-state index contributed by atoms with van der Waals surface area (Å²) in [6, 6.07) is 19.1. The standard InChI is InChI=1S/C18H12N2O/c19-12-15-14-8-4-5-9-16(14)20-18(15)17(21)11-10-13-6-2-1-3-7-13/h1-11,20H/b11-10+. The lowest BCUT2D eigenvalue weighted by atomic mass is 10.1. The Kier molecular flexibility index (Phi) is 3.36. The molecule has 0 bridgehead atoms. The van der Waals surface area contributed by atoms with Crippen molar-refractivity contribution in [2.24, 2.45) is 0 Å². The van der Waals surface area contributed by atoms with E-state index in [0.29, 0.717) is 11.3 Å². The van der Waals surface area contributed by atoms with Gasteiger partial charge in [0, 0.05) is 10.9 Å². The summed E-state index contributed by atoms with van der Waals surface area (Å²) in [6.07, 6.45) is 3.23. The number of para-hydroxylation sites is 1. The smallest absolute Gasteiger partial charge is 0.203 e. The molecule has 0 aliphatic carbocycles. The Morgan fingerprint density at radius 3 is 2.52 bits per heavy atom. The van der Waals surface area contributed by atoms with Crippen LogP contribution in [0.3, 0.4) is 0 Å². The molecule has 0 aliphatic rings. The molecule has 0 spiro atoms. The molecule has 0 aliphatic heterocycles. The summed E-state index contributed by atoms with van der Waals surface area (Å²) in [6.45, 7) is 0. The predicted molar refractivity (Wildman–Crippen MR) is 82.8 cm³/mol. The Morgan fingerprint density at radius 1 is 1.05 bits per heavy atom. The topological polar surface area (TPSA) is 56.6 Å². The zero-order chi connectivity index (χ0) is 14.7. The van der Waals surface area contributed by atoms with Gasteiger partial charge in [-0.25, -0.2) is 0 Å². The molecule has 0 saturated carbocycles. The van der Waals surface area contributed by atoms with Crippen LogP contribution in [0.4, 0.5) is 0 Å². The highest BCUT2D eigenvalue weighted by atomic mass is 16.1. The van der Waals surface area contributed by atoms with Gasteiger partial charge in [-0.3, -0.25) is 4.79 Å². The molecule has 3 rings (SSSR count). The molecule has 100 valence electrons. The van der Waals surface area contributed by atoms with Gasteiger partial charge in [-0.2, -0.15) is 5.26 Å². The molecule has 0 amide bonds. The first-order valence-corrected chi connectivity index (χ1v) is 6.58. The van der Waals surface area contributed by atoms with E-state index < -0.39 is 0 Å². The third-order valence-corrected chi connectivity index (χ3v) is 3.29. The molecule has 2 aromatic carbocycles. The summed E-state index contributed by atoms with van der Waals surface area (Å²) in [4.78, 5) is 15.3. The van der Waals surface area contributed by atoms with Crippen molar-refractivity contribution in [3.8, 4) is 6.07 Å². The largest absolute Gasteiger partial charge is 0.351 e. The van der Waals surface area contributed by atoms with Gasteiger partial charge in [0.1, 0.15) is 11.8 Å². The Labute approximate surface area is 122 Å². The molecular weight excluding hydrogens is 260 g/mol. The van der Waals surface area contributed by atoms with E-state index in [0.717, 1.165) is 16.5 Å². The molecule has 1 aromatic heterocycles. The highest BCUT2D eigenvalue weighted by Gasteiger charge is 2.15. The van der Waals surface area contributed by atoms with E-state index in [4.69, 9.17) is 0 Å². The van der Waals surface area contributed by atoms with E-state index in [1.807, 2.05) is 54.6 Å². The van der Waals surface area contributed by atoms with Gasteiger partial charge >= 0.3 is 0 Å². The summed E-state index contributed by atoms with van der Waals surface area (Å²) < 4.78 is 0. The third kappa shape index (κ3) is 2.47. The van der Waals surface area contributed by atoms with Crippen molar-refractivity contribution in [2.75, 3.05) is 0 Å². The zero-order valence-electron chi connectivity index (χ0n) is 11.2. The maximum atomic E-state index is 12.3. The summed E-state index contributed by atoms with van der Waals surface area (Å²) in [5.41, 5.74) is 2.48. The minimum Gasteiger partial charge on any atom is -0.351 e. The number of aromatic amines is 1. The number of rotatable bonds is 3. The second-order valence-electron chi connectivity index (χ2n) is 4.64. The fraction of sp³-hybridized carbons (Fsp3) is 0. The average Bonchev–Trinajstić information content (AvgIpc) is 2.92. The number of fused-ring (bicyclic) bond motifs is 1. The number of allylic oxidation sites excluding steroid dienone is 1. The molecule has 0 radical (unpaired) electrons. The van der Waals surface area contributed by atoms with E-state index in [9.17, 15) is 10.1 Å². The van der Waals surface area contributed by atoms with E-state index in [2.05, 4.69) is 11.1 Å². The van der Waals surface area contributed by atoms with Crippen LogP contribution in [0.15, 0.2) is 60.7 Å². The van der Waals surface area contributed by atoms with Crippen molar-refractivity contribution in [2.45, 2.75) is 0 Å². The fourth-order valence-electron chi connectivity index (χ4n) is 2.26. The molecule has 3 aromatic rings. The summed E-state index contributed by atoms with van der Waals surface area (Å²) >= 11 is 0. The number of H-pyrrole nitrogens is 1. The Hall–Kier alpha value is -3.12.